The third-order valence-corrected chi connectivity index (χ3v) is 3.97. The summed E-state index contributed by atoms with van der Waals surface area (Å²) in [7, 11) is 1.83. The molecule has 18 heavy (non-hydrogen) atoms. The van der Waals surface area contributed by atoms with E-state index in [0.29, 0.717) is 18.9 Å². The lowest BCUT2D eigenvalue weighted by molar-refractivity contribution is 0.293. The van der Waals surface area contributed by atoms with Gasteiger partial charge in [-0.05, 0) is 52.8 Å². The molecule has 96 valence electrons. The maximum atomic E-state index is 13.7. The minimum atomic E-state index is -0.321. The molecule has 0 saturated carbocycles. The predicted octanol–water partition coefficient (Wildman–Crippen LogP) is 3.95. The molecule has 1 heterocycles. The van der Waals surface area contributed by atoms with Crippen LogP contribution in [-0.4, -0.2) is 7.05 Å². The molecule has 0 aliphatic rings. The highest BCUT2D eigenvalue weighted by atomic mass is 79.9. The van der Waals surface area contributed by atoms with Crippen LogP contribution in [0.5, 0.6) is 5.75 Å². The third-order valence-electron chi connectivity index (χ3n) is 2.38. The molecule has 0 radical (unpaired) electrons. The number of benzene rings is 1. The lowest BCUT2D eigenvalue weighted by atomic mass is 10.2. The molecular formula is C13H13BrFNOS. The van der Waals surface area contributed by atoms with Crippen LogP contribution in [0.1, 0.15) is 10.4 Å². The van der Waals surface area contributed by atoms with Crippen molar-refractivity contribution in [2.45, 2.75) is 13.2 Å². The van der Waals surface area contributed by atoms with Crippen molar-refractivity contribution in [3.05, 3.63) is 50.4 Å². The lowest BCUT2D eigenvalue weighted by Gasteiger charge is -2.07. The van der Waals surface area contributed by atoms with Gasteiger partial charge >= 0.3 is 0 Å². The van der Waals surface area contributed by atoms with Crippen LogP contribution >= 0.6 is 27.3 Å². The molecule has 0 atom stereocenters. The Labute approximate surface area is 118 Å². The van der Waals surface area contributed by atoms with E-state index in [0.717, 1.165) is 14.2 Å². The van der Waals surface area contributed by atoms with Crippen molar-refractivity contribution in [1.82, 2.24) is 5.32 Å². The van der Waals surface area contributed by atoms with Crippen molar-refractivity contribution in [2.75, 3.05) is 7.05 Å². The van der Waals surface area contributed by atoms with Gasteiger partial charge in [-0.25, -0.2) is 4.39 Å². The quantitative estimate of drug-likeness (QED) is 0.896. The molecule has 0 fully saturated rings. The standard InChI is InChI=1S/C13H13BrFNOS/c1-16-7-9-2-4-12(11(15)6-9)17-8-10-3-5-13(14)18-10/h2-6,16H,7-8H2,1H3. The Balaban J connectivity index is 2.01. The number of hydrogen-bond acceptors (Lipinski definition) is 3. The fourth-order valence-corrected chi connectivity index (χ4v) is 2.95. The monoisotopic (exact) mass is 329 g/mol. The normalized spacial score (nSPS) is 10.6. The highest BCUT2D eigenvalue weighted by molar-refractivity contribution is 9.11. The maximum Gasteiger partial charge on any atom is 0.165 e. The summed E-state index contributed by atoms with van der Waals surface area (Å²) in [5.74, 6) is -0.0299. The van der Waals surface area contributed by atoms with Gasteiger partial charge in [0.05, 0.1) is 3.79 Å². The Morgan fingerprint density at radius 2 is 2.17 bits per heavy atom. The van der Waals surface area contributed by atoms with E-state index in [-0.39, 0.29) is 5.82 Å². The van der Waals surface area contributed by atoms with Crippen LogP contribution in [-0.2, 0) is 13.2 Å². The van der Waals surface area contributed by atoms with Gasteiger partial charge in [0.1, 0.15) is 6.61 Å². The van der Waals surface area contributed by atoms with E-state index in [2.05, 4.69) is 21.2 Å². The van der Waals surface area contributed by atoms with E-state index < -0.39 is 0 Å². The third kappa shape index (κ3) is 3.54. The van der Waals surface area contributed by atoms with Crippen molar-refractivity contribution >= 4 is 27.3 Å². The molecule has 2 rings (SSSR count). The van der Waals surface area contributed by atoms with Gasteiger partial charge < -0.3 is 10.1 Å². The average Bonchev–Trinajstić information content (AvgIpc) is 2.74. The maximum absolute atomic E-state index is 13.7. The van der Waals surface area contributed by atoms with Crippen molar-refractivity contribution in [3.63, 3.8) is 0 Å². The molecule has 0 unspecified atom stereocenters. The number of rotatable bonds is 5. The minimum absolute atomic E-state index is 0.291. The van der Waals surface area contributed by atoms with E-state index in [1.807, 2.05) is 25.2 Å². The zero-order chi connectivity index (χ0) is 13.0. The zero-order valence-corrected chi connectivity index (χ0v) is 12.3. The van der Waals surface area contributed by atoms with Gasteiger partial charge in [-0.1, -0.05) is 6.07 Å². The minimum Gasteiger partial charge on any atom is -0.485 e. The summed E-state index contributed by atoms with van der Waals surface area (Å²) < 4.78 is 20.2. The SMILES string of the molecule is CNCc1ccc(OCc2ccc(Br)s2)c(F)c1. The molecule has 0 amide bonds. The Kier molecular flexibility index (Phi) is 4.74. The van der Waals surface area contributed by atoms with Crippen LogP contribution in [0.25, 0.3) is 0 Å². The molecule has 0 saturated heterocycles. The smallest absolute Gasteiger partial charge is 0.165 e. The van der Waals surface area contributed by atoms with Crippen molar-refractivity contribution in [2.24, 2.45) is 0 Å². The number of ether oxygens (including phenoxy) is 1. The molecule has 0 aliphatic carbocycles. The molecule has 0 aliphatic heterocycles. The average molecular weight is 330 g/mol. The predicted molar refractivity (Wildman–Crippen MR) is 75.5 cm³/mol. The van der Waals surface area contributed by atoms with Crippen molar-refractivity contribution < 1.29 is 9.13 Å². The lowest BCUT2D eigenvalue weighted by Crippen LogP contribution is -2.05. The van der Waals surface area contributed by atoms with Gasteiger partial charge in [-0.3, -0.25) is 0 Å². The molecule has 5 heteroatoms. The zero-order valence-electron chi connectivity index (χ0n) is 9.87. The fourth-order valence-electron chi connectivity index (χ4n) is 1.55. The Morgan fingerprint density at radius 1 is 1.33 bits per heavy atom. The summed E-state index contributed by atoms with van der Waals surface area (Å²) in [6.45, 7) is 1.04. The van der Waals surface area contributed by atoms with Gasteiger partial charge in [-0.15, -0.1) is 11.3 Å². The highest BCUT2D eigenvalue weighted by Gasteiger charge is 2.06. The van der Waals surface area contributed by atoms with Crippen LogP contribution in [0.3, 0.4) is 0 Å². The first kappa shape index (κ1) is 13.5. The van der Waals surface area contributed by atoms with E-state index >= 15 is 0 Å². The molecule has 1 aromatic heterocycles. The van der Waals surface area contributed by atoms with Gasteiger partial charge in [0.15, 0.2) is 11.6 Å². The summed E-state index contributed by atoms with van der Waals surface area (Å²) in [6, 6.07) is 8.94. The van der Waals surface area contributed by atoms with Crippen molar-refractivity contribution in [1.29, 1.82) is 0 Å². The second kappa shape index (κ2) is 6.31. The number of halogens is 2. The van der Waals surface area contributed by atoms with Gasteiger partial charge in [0.25, 0.3) is 0 Å². The number of nitrogens with one attached hydrogen (secondary N) is 1. The summed E-state index contributed by atoms with van der Waals surface area (Å²) >= 11 is 4.96. The summed E-state index contributed by atoms with van der Waals surface area (Å²) in [5.41, 5.74) is 0.904. The molecule has 0 spiro atoms. The topological polar surface area (TPSA) is 21.3 Å². The molecular weight excluding hydrogens is 317 g/mol. The van der Waals surface area contributed by atoms with Crippen LogP contribution in [0.2, 0.25) is 0 Å². The summed E-state index contributed by atoms with van der Waals surface area (Å²) in [4.78, 5) is 1.06. The number of hydrogen-bond donors (Lipinski definition) is 1. The van der Waals surface area contributed by atoms with E-state index in [4.69, 9.17) is 4.74 Å². The molecule has 1 aromatic carbocycles. The van der Waals surface area contributed by atoms with Crippen LogP contribution in [0.15, 0.2) is 34.1 Å². The first-order valence-electron chi connectivity index (χ1n) is 5.49. The number of thiophene rings is 1. The second-order valence-electron chi connectivity index (χ2n) is 3.79. The molecule has 1 N–H and O–H groups in total. The molecule has 2 nitrogen and oxygen atoms in total. The van der Waals surface area contributed by atoms with Gasteiger partial charge in [0.2, 0.25) is 0 Å². The van der Waals surface area contributed by atoms with E-state index in [9.17, 15) is 4.39 Å². The largest absolute Gasteiger partial charge is 0.485 e. The van der Waals surface area contributed by atoms with E-state index in [1.165, 1.54) is 6.07 Å². The van der Waals surface area contributed by atoms with Crippen molar-refractivity contribution in [3.8, 4) is 5.75 Å². The highest BCUT2D eigenvalue weighted by Crippen LogP contribution is 2.25. The van der Waals surface area contributed by atoms with E-state index in [1.54, 1.807) is 17.4 Å². The van der Waals surface area contributed by atoms with Crippen LogP contribution in [0, 0.1) is 5.82 Å². The summed E-state index contributed by atoms with van der Waals surface area (Å²) in [5, 5.41) is 2.98. The fraction of sp³-hybridized carbons (Fsp3) is 0.231. The Bertz CT molecular complexity index is 529. The van der Waals surface area contributed by atoms with Crippen LogP contribution < -0.4 is 10.1 Å². The molecule has 2 aromatic rings. The summed E-state index contributed by atoms with van der Waals surface area (Å²) in [6.07, 6.45) is 0. The second-order valence-corrected chi connectivity index (χ2v) is 6.34. The van der Waals surface area contributed by atoms with Gasteiger partial charge in [0, 0.05) is 11.4 Å². The molecule has 0 bridgehead atoms. The Hall–Kier alpha value is -0.910. The van der Waals surface area contributed by atoms with Crippen LogP contribution in [0.4, 0.5) is 4.39 Å². The first-order chi connectivity index (χ1) is 8.69. The Morgan fingerprint density at radius 3 is 2.78 bits per heavy atom. The van der Waals surface area contributed by atoms with Gasteiger partial charge in [-0.2, -0.15) is 0 Å². The first-order valence-corrected chi connectivity index (χ1v) is 7.10.